The highest BCUT2D eigenvalue weighted by Gasteiger charge is 2.24. The van der Waals surface area contributed by atoms with Crippen molar-refractivity contribution < 1.29 is 4.39 Å². The van der Waals surface area contributed by atoms with E-state index in [4.69, 9.17) is 11.6 Å². The van der Waals surface area contributed by atoms with Crippen molar-refractivity contribution in [1.82, 2.24) is 15.1 Å². The van der Waals surface area contributed by atoms with Crippen LogP contribution in [0.4, 0.5) is 4.39 Å². The Morgan fingerprint density at radius 1 is 1.35 bits per heavy atom. The minimum Gasteiger partial charge on any atom is -0.308 e. The SMILES string of the molecule is CNC(c1ccc(C)cc1F)c1c(Cl)cnn1C(C)C. The summed E-state index contributed by atoms with van der Waals surface area (Å²) in [6, 6.07) is 5.05. The molecular formula is C15H19ClFN3. The smallest absolute Gasteiger partial charge is 0.128 e. The van der Waals surface area contributed by atoms with E-state index in [9.17, 15) is 4.39 Å². The van der Waals surface area contributed by atoms with Crippen LogP contribution in [-0.4, -0.2) is 16.8 Å². The van der Waals surface area contributed by atoms with Crippen molar-refractivity contribution in [3.63, 3.8) is 0 Å². The third-order valence-corrected chi connectivity index (χ3v) is 3.60. The first kappa shape index (κ1) is 15.0. The Hall–Kier alpha value is -1.39. The summed E-state index contributed by atoms with van der Waals surface area (Å²) in [6.45, 7) is 5.91. The Kier molecular flexibility index (Phi) is 4.45. The van der Waals surface area contributed by atoms with Gasteiger partial charge in [0, 0.05) is 11.6 Å². The fraction of sp³-hybridized carbons (Fsp3) is 0.400. The van der Waals surface area contributed by atoms with Crippen LogP contribution in [0.3, 0.4) is 0 Å². The van der Waals surface area contributed by atoms with Crippen molar-refractivity contribution >= 4 is 11.6 Å². The second-order valence-corrected chi connectivity index (χ2v) is 5.57. The average Bonchev–Trinajstić information content (AvgIpc) is 2.75. The molecule has 1 atom stereocenters. The summed E-state index contributed by atoms with van der Waals surface area (Å²) in [4.78, 5) is 0. The number of rotatable bonds is 4. The first-order valence-electron chi connectivity index (χ1n) is 6.62. The van der Waals surface area contributed by atoms with Crippen LogP contribution >= 0.6 is 11.6 Å². The molecule has 0 spiro atoms. The molecule has 0 radical (unpaired) electrons. The summed E-state index contributed by atoms with van der Waals surface area (Å²) in [6.07, 6.45) is 1.60. The molecular weight excluding hydrogens is 277 g/mol. The summed E-state index contributed by atoms with van der Waals surface area (Å²) in [5.74, 6) is -0.239. The summed E-state index contributed by atoms with van der Waals surface area (Å²) >= 11 is 6.25. The van der Waals surface area contributed by atoms with Gasteiger partial charge >= 0.3 is 0 Å². The molecule has 1 N–H and O–H groups in total. The Morgan fingerprint density at radius 2 is 2.05 bits per heavy atom. The first-order valence-corrected chi connectivity index (χ1v) is 6.99. The molecule has 0 saturated carbocycles. The van der Waals surface area contributed by atoms with Crippen molar-refractivity contribution in [2.45, 2.75) is 32.9 Å². The molecule has 0 saturated heterocycles. The van der Waals surface area contributed by atoms with Gasteiger partial charge in [0.05, 0.1) is 23.0 Å². The van der Waals surface area contributed by atoms with Gasteiger partial charge in [0.15, 0.2) is 0 Å². The number of nitrogens with one attached hydrogen (secondary N) is 1. The van der Waals surface area contributed by atoms with E-state index in [2.05, 4.69) is 10.4 Å². The zero-order valence-corrected chi connectivity index (χ0v) is 12.9. The Balaban J connectivity index is 2.55. The number of nitrogens with zero attached hydrogens (tertiary/aromatic N) is 2. The van der Waals surface area contributed by atoms with Crippen molar-refractivity contribution in [3.05, 3.63) is 52.1 Å². The van der Waals surface area contributed by atoms with Gasteiger partial charge in [-0.25, -0.2) is 4.39 Å². The largest absolute Gasteiger partial charge is 0.308 e. The lowest BCUT2D eigenvalue weighted by atomic mass is 10.0. The fourth-order valence-corrected chi connectivity index (χ4v) is 2.58. The highest BCUT2D eigenvalue weighted by atomic mass is 35.5. The van der Waals surface area contributed by atoms with Crippen LogP contribution in [0.25, 0.3) is 0 Å². The monoisotopic (exact) mass is 295 g/mol. The zero-order valence-electron chi connectivity index (χ0n) is 12.1. The molecule has 0 amide bonds. The second kappa shape index (κ2) is 5.94. The van der Waals surface area contributed by atoms with E-state index in [0.29, 0.717) is 10.6 Å². The summed E-state index contributed by atoms with van der Waals surface area (Å²) in [5.41, 5.74) is 2.25. The number of benzene rings is 1. The van der Waals surface area contributed by atoms with Gasteiger partial charge in [-0.15, -0.1) is 0 Å². The summed E-state index contributed by atoms with van der Waals surface area (Å²) in [5, 5.41) is 7.95. The molecule has 0 fully saturated rings. The van der Waals surface area contributed by atoms with Gasteiger partial charge in [0.25, 0.3) is 0 Å². The van der Waals surface area contributed by atoms with Gasteiger partial charge in [-0.3, -0.25) is 4.68 Å². The maximum Gasteiger partial charge on any atom is 0.128 e. The minimum absolute atomic E-state index is 0.154. The molecule has 20 heavy (non-hydrogen) atoms. The highest BCUT2D eigenvalue weighted by molar-refractivity contribution is 6.31. The molecule has 0 aliphatic heterocycles. The van der Waals surface area contributed by atoms with Crippen molar-refractivity contribution in [3.8, 4) is 0 Å². The topological polar surface area (TPSA) is 29.9 Å². The van der Waals surface area contributed by atoms with E-state index in [1.165, 1.54) is 6.07 Å². The van der Waals surface area contributed by atoms with Crippen LogP contribution < -0.4 is 5.32 Å². The van der Waals surface area contributed by atoms with E-state index in [1.54, 1.807) is 19.3 Å². The standard InChI is InChI=1S/C15H19ClFN3/c1-9(2)20-15(12(16)8-19-20)14(18-4)11-6-5-10(3)7-13(11)17/h5-9,14,18H,1-4H3. The third kappa shape index (κ3) is 2.72. The van der Waals surface area contributed by atoms with Crippen molar-refractivity contribution in [1.29, 1.82) is 0 Å². The van der Waals surface area contributed by atoms with Crippen LogP contribution in [0.15, 0.2) is 24.4 Å². The maximum absolute atomic E-state index is 14.2. The molecule has 2 aromatic rings. The van der Waals surface area contributed by atoms with Gasteiger partial charge in [-0.2, -0.15) is 5.10 Å². The zero-order chi connectivity index (χ0) is 14.9. The molecule has 2 rings (SSSR count). The second-order valence-electron chi connectivity index (χ2n) is 5.16. The van der Waals surface area contributed by atoms with Gasteiger partial charge in [0.1, 0.15) is 5.82 Å². The lowest BCUT2D eigenvalue weighted by molar-refractivity contribution is 0.476. The van der Waals surface area contributed by atoms with Crippen LogP contribution in [-0.2, 0) is 0 Å². The summed E-state index contributed by atoms with van der Waals surface area (Å²) < 4.78 is 16.1. The molecule has 5 heteroatoms. The summed E-state index contributed by atoms with van der Waals surface area (Å²) in [7, 11) is 1.79. The van der Waals surface area contributed by atoms with Crippen LogP contribution in [0.1, 0.15) is 42.8 Å². The van der Waals surface area contributed by atoms with Crippen LogP contribution in [0.2, 0.25) is 5.02 Å². The molecule has 1 unspecified atom stereocenters. The Morgan fingerprint density at radius 3 is 2.60 bits per heavy atom. The molecule has 1 heterocycles. The van der Waals surface area contributed by atoms with Gasteiger partial charge in [-0.05, 0) is 39.4 Å². The quantitative estimate of drug-likeness (QED) is 0.928. The third-order valence-electron chi connectivity index (χ3n) is 3.31. The Bertz CT molecular complexity index is 607. The van der Waals surface area contributed by atoms with Crippen molar-refractivity contribution in [2.75, 3.05) is 7.05 Å². The Labute approximate surface area is 123 Å². The van der Waals surface area contributed by atoms with Gasteiger partial charge < -0.3 is 5.32 Å². The van der Waals surface area contributed by atoms with Gasteiger partial charge in [0.2, 0.25) is 0 Å². The molecule has 3 nitrogen and oxygen atoms in total. The average molecular weight is 296 g/mol. The molecule has 0 bridgehead atoms. The van der Waals surface area contributed by atoms with Crippen LogP contribution in [0, 0.1) is 12.7 Å². The molecule has 1 aromatic carbocycles. The molecule has 108 valence electrons. The van der Waals surface area contributed by atoms with E-state index in [-0.39, 0.29) is 17.9 Å². The predicted molar refractivity (Wildman–Crippen MR) is 79.7 cm³/mol. The number of hydrogen-bond acceptors (Lipinski definition) is 2. The lowest BCUT2D eigenvalue weighted by Crippen LogP contribution is -2.23. The lowest BCUT2D eigenvalue weighted by Gasteiger charge is -2.21. The molecule has 0 aliphatic rings. The fourth-order valence-electron chi connectivity index (χ4n) is 2.34. The van der Waals surface area contributed by atoms with Gasteiger partial charge in [-0.1, -0.05) is 23.7 Å². The van der Waals surface area contributed by atoms with E-state index in [0.717, 1.165) is 11.3 Å². The van der Waals surface area contributed by atoms with Crippen molar-refractivity contribution in [2.24, 2.45) is 0 Å². The minimum atomic E-state index is -0.326. The first-order chi connectivity index (χ1) is 9.45. The molecule has 0 aliphatic carbocycles. The van der Waals surface area contributed by atoms with E-state index in [1.807, 2.05) is 31.5 Å². The number of hydrogen-bond donors (Lipinski definition) is 1. The predicted octanol–water partition coefficient (Wildman–Crippen LogP) is 3.87. The van der Waals surface area contributed by atoms with E-state index >= 15 is 0 Å². The highest BCUT2D eigenvalue weighted by Crippen LogP contribution is 2.31. The van der Waals surface area contributed by atoms with E-state index < -0.39 is 0 Å². The molecule has 1 aromatic heterocycles. The maximum atomic E-state index is 14.2. The number of halogens is 2. The normalized spacial score (nSPS) is 12.9. The number of aryl methyl sites for hydroxylation is 1. The number of aromatic nitrogens is 2. The van der Waals surface area contributed by atoms with Crippen LogP contribution in [0.5, 0.6) is 0 Å².